The molecule has 0 aliphatic carbocycles. The van der Waals surface area contributed by atoms with E-state index in [1.165, 1.54) is 12.5 Å². The third-order valence-electron chi connectivity index (χ3n) is 4.24. The number of imidazole rings is 1. The van der Waals surface area contributed by atoms with Gasteiger partial charge in [-0.25, -0.2) is 9.97 Å². The Labute approximate surface area is 156 Å². The molecule has 0 atom stereocenters. The minimum Gasteiger partial charge on any atom is -0.337 e. The van der Waals surface area contributed by atoms with Gasteiger partial charge in [0.2, 0.25) is 5.91 Å². The van der Waals surface area contributed by atoms with Crippen LogP contribution in [0.5, 0.6) is 0 Å². The molecule has 2 aromatic carbocycles. The van der Waals surface area contributed by atoms with E-state index in [0.29, 0.717) is 5.82 Å². The van der Waals surface area contributed by atoms with Gasteiger partial charge in [0.25, 0.3) is 0 Å². The summed E-state index contributed by atoms with van der Waals surface area (Å²) in [5.74, 6) is 0.575. The van der Waals surface area contributed by atoms with Gasteiger partial charge in [0.1, 0.15) is 0 Å². The molecule has 2 N–H and O–H groups in total. The molecule has 27 heavy (non-hydrogen) atoms. The molecule has 6 heteroatoms. The Morgan fingerprint density at radius 2 is 1.67 bits per heavy atom. The Bertz CT molecular complexity index is 1100. The molecule has 0 saturated carbocycles. The van der Waals surface area contributed by atoms with Crippen molar-refractivity contribution < 1.29 is 4.79 Å². The van der Waals surface area contributed by atoms with Crippen LogP contribution < -0.4 is 10.6 Å². The fourth-order valence-electron chi connectivity index (χ4n) is 2.92. The average Bonchev–Trinajstić information content (AvgIpc) is 3.09. The number of anilines is 3. The fourth-order valence-corrected chi connectivity index (χ4v) is 2.92. The van der Waals surface area contributed by atoms with Crippen LogP contribution in [0.25, 0.3) is 16.9 Å². The number of fused-ring (bicyclic) bond motifs is 1. The van der Waals surface area contributed by atoms with E-state index in [1.807, 2.05) is 41.1 Å². The first-order chi connectivity index (χ1) is 13.1. The molecule has 6 nitrogen and oxygen atoms in total. The first kappa shape index (κ1) is 16.8. The molecule has 0 fully saturated rings. The zero-order valence-electron chi connectivity index (χ0n) is 15.1. The molecule has 0 saturated heterocycles. The van der Waals surface area contributed by atoms with Crippen LogP contribution in [0.3, 0.4) is 0 Å². The van der Waals surface area contributed by atoms with E-state index < -0.39 is 0 Å². The second-order valence-corrected chi connectivity index (χ2v) is 6.36. The first-order valence-electron chi connectivity index (χ1n) is 8.64. The van der Waals surface area contributed by atoms with Crippen molar-refractivity contribution in [1.82, 2.24) is 14.4 Å². The molecule has 0 aliphatic rings. The Balaban J connectivity index is 1.65. The maximum absolute atomic E-state index is 11.1. The Kier molecular flexibility index (Phi) is 4.30. The van der Waals surface area contributed by atoms with Gasteiger partial charge in [0.05, 0.1) is 11.9 Å². The van der Waals surface area contributed by atoms with E-state index in [0.717, 1.165) is 28.3 Å². The van der Waals surface area contributed by atoms with E-state index in [1.54, 1.807) is 6.20 Å². The van der Waals surface area contributed by atoms with Crippen LogP contribution in [-0.4, -0.2) is 20.3 Å². The largest absolute Gasteiger partial charge is 0.337 e. The van der Waals surface area contributed by atoms with Crippen molar-refractivity contribution in [1.29, 1.82) is 0 Å². The number of carbonyl (C=O) groups excluding carboxylic acids is 1. The number of amides is 1. The van der Waals surface area contributed by atoms with Crippen LogP contribution in [-0.2, 0) is 4.79 Å². The van der Waals surface area contributed by atoms with Gasteiger partial charge in [-0.15, -0.1) is 0 Å². The molecule has 0 aliphatic heterocycles. The Morgan fingerprint density at radius 1 is 0.963 bits per heavy atom. The molecule has 0 radical (unpaired) electrons. The van der Waals surface area contributed by atoms with Crippen LogP contribution in [0.1, 0.15) is 12.5 Å². The second kappa shape index (κ2) is 6.92. The van der Waals surface area contributed by atoms with Gasteiger partial charge < -0.3 is 10.6 Å². The minimum absolute atomic E-state index is 0.0943. The number of benzene rings is 2. The van der Waals surface area contributed by atoms with Gasteiger partial charge in [-0.05, 0) is 31.2 Å². The van der Waals surface area contributed by atoms with Crippen molar-refractivity contribution >= 4 is 28.7 Å². The SMILES string of the molecule is CC(=O)Nc1ccc(Nc2nccn3c(-c4ccc(C)cc4)cnc23)cc1. The van der Waals surface area contributed by atoms with E-state index >= 15 is 0 Å². The molecule has 1 amide bonds. The highest BCUT2D eigenvalue weighted by Crippen LogP contribution is 2.25. The van der Waals surface area contributed by atoms with E-state index in [-0.39, 0.29) is 5.91 Å². The predicted octanol–water partition coefficient (Wildman–Crippen LogP) is 4.41. The number of hydrogen-bond acceptors (Lipinski definition) is 4. The first-order valence-corrected chi connectivity index (χ1v) is 8.64. The summed E-state index contributed by atoms with van der Waals surface area (Å²) >= 11 is 0. The monoisotopic (exact) mass is 357 g/mol. The maximum Gasteiger partial charge on any atom is 0.221 e. The van der Waals surface area contributed by atoms with Crippen LogP contribution in [0.4, 0.5) is 17.2 Å². The highest BCUT2D eigenvalue weighted by molar-refractivity contribution is 5.89. The van der Waals surface area contributed by atoms with E-state index in [2.05, 4.69) is 51.8 Å². The molecule has 4 aromatic rings. The number of rotatable bonds is 4. The number of nitrogens with zero attached hydrogens (tertiary/aromatic N) is 3. The van der Waals surface area contributed by atoms with Crippen molar-refractivity contribution in [2.24, 2.45) is 0 Å². The quantitative estimate of drug-likeness (QED) is 0.568. The molecule has 2 heterocycles. The topological polar surface area (TPSA) is 71.3 Å². The summed E-state index contributed by atoms with van der Waals surface area (Å²) in [4.78, 5) is 20.1. The number of hydrogen-bond donors (Lipinski definition) is 2. The third-order valence-corrected chi connectivity index (χ3v) is 4.24. The summed E-state index contributed by atoms with van der Waals surface area (Å²) in [6.45, 7) is 3.56. The summed E-state index contributed by atoms with van der Waals surface area (Å²) in [7, 11) is 0. The molecular formula is C21H19N5O. The highest BCUT2D eigenvalue weighted by Gasteiger charge is 2.10. The summed E-state index contributed by atoms with van der Waals surface area (Å²) in [6.07, 6.45) is 5.51. The fraction of sp³-hybridized carbons (Fsp3) is 0.0952. The van der Waals surface area contributed by atoms with Crippen molar-refractivity contribution in [2.45, 2.75) is 13.8 Å². The lowest BCUT2D eigenvalue weighted by molar-refractivity contribution is -0.114. The van der Waals surface area contributed by atoms with Gasteiger partial charge in [-0.3, -0.25) is 9.20 Å². The minimum atomic E-state index is -0.0943. The zero-order valence-corrected chi connectivity index (χ0v) is 15.1. The highest BCUT2D eigenvalue weighted by atomic mass is 16.1. The third kappa shape index (κ3) is 3.50. The lowest BCUT2D eigenvalue weighted by Gasteiger charge is -2.09. The maximum atomic E-state index is 11.1. The zero-order chi connectivity index (χ0) is 18.8. The molecule has 134 valence electrons. The molecule has 0 bridgehead atoms. The van der Waals surface area contributed by atoms with Crippen molar-refractivity contribution in [2.75, 3.05) is 10.6 Å². The average molecular weight is 357 g/mol. The molecule has 0 unspecified atom stereocenters. The van der Waals surface area contributed by atoms with Gasteiger partial charge >= 0.3 is 0 Å². The number of nitrogens with one attached hydrogen (secondary N) is 2. The lowest BCUT2D eigenvalue weighted by Crippen LogP contribution is -2.05. The number of carbonyl (C=O) groups is 1. The van der Waals surface area contributed by atoms with Crippen molar-refractivity contribution in [3.8, 4) is 11.3 Å². The van der Waals surface area contributed by atoms with Crippen LogP contribution in [0.15, 0.2) is 67.1 Å². The summed E-state index contributed by atoms with van der Waals surface area (Å²) in [5.41, 5.74) is 5.70. The molecule has 4 rings (SSSR count). The van der Waals surface area contributed by atoms with Gasteiger partial charge in [-0.1, -0.05) is 29.8 Å². The standard InChI is InChI=1S/C21H19N5O/c1-14-3-5-16(6-4-14)19-13-23-21-20(22-11-12-26(19)21)25-18-9-7-17(8-10-18)24-15(2)27/h3-13H,1-2H3,(H,22,25)(H,24,27). The van der Waals surface area contributed by atoms with Crippen LogP contribution in [0, 0.1) is 6.92 Å². The molecule has 2 aromatic heterocycles. The van der Waals surface area contributed by atoms with Crippen molar-refractivity contribution in [3.05, 3.63) is 72.7 Å². The van der Waals surface area contributed by atoms with Crippen LogP contribution >= 0.6 is 0 Å². The Hall–Kier alpha value is -3.67. The van der Waals surface area contributed by atoms with Gasteiger partial charge in [0.15, 0.2) is 11.5 Å². The summed E-state index contributed by atoms with van der Waals surface area (Å²) < 4.78 is 2.02. The normalized spacial score (nSPS) is 10.7. The summed E-state index contributed by atoms with van der Waals surface area (Å²) in [5, 5.41) is 6.05. The molecule has 0 spiro atoms. The van der Waals surface area contributed by atoms with Gasteiger partial charge in [0, 0.05) is 36.3 Å². The van der Waals surface area contributed by atoms with E-state index in [4.69, 9.17) is 0 Å². The van der Waals surface area contributed by atoms with Crippen molar-refractivity contribution in [3.63, 3.8) is 0 Å². The predicted molar refractivity (Wildman–Crippen MR) is 107 cm³/mol. The summed E-state index contributed by atoms with van der Waals surface area (Å²) in [6, 6.07) is 15.8. The second-order valence-electron chi connectivity index (χ2n) is 6.36. The van der Waals surface area contributed by atoms with Crippen LogP contribution in [0.2, 0.25) is 0 Å². The van der Waals surface area contributed by atoms with Gasteiger partial charge in [-0.2, -0.15) is 0 Å². The number of aryl methyl sites for hydroxylation is 1. The molecular weight excluding hydrogens is 338 g/mol. The Morgan fingerprint density at radius 3 is 2.37 bits per heavy atom. The smallest absolute Gasteiger partial charge is 0.221 e. The lowest BCUT2D eigenvalue weighted by atomic mass is 10.1. The van der Waals surface area contributed by atoms with E-state index in [9.17, 15) is 4.79 Å². The number of aromatic nitrogens is 3.